The maximum atomic E-state index is 12.5. The van der Waals surface area contributed by atoms with Gasteiger partial charge in [0, 0.05) is 13.1 Å². The van der Waals surface area contributed by atoms with E-state index in [0.29, 0.717) is 22.3 Å². The van der Waals surface area contributed by atoms with Crippen LogP contribution in [0.5, 0.6) is 5.75 Å². The van der Waals surface area contributed by atoms with E-state index in [1.807, 2.05) is 38.1 Å². The summed E-state index contributed by atoms with van der Waals surface area (Å²) in [5.74, 6) is 0.438. The number of thioether (sulfide) groups is 1. The second-order valence-corrected chi connectivity index (χ2v) is 6.78. The van der Waals surface area contributed by atoms with Crippen LogP contribution in [0.3, 0.4) is 0 Å². The van der Waals surface area contributed by atoms with Gasteiger partial charge in [-0.2, -0.15) is 0 Å². The van der Waals surface area contributed by atoms with Crippen molar-refractivity contribution in [3.63, 3.8) is 0 Å². The van der Waals surface area contributed by atoms with Crippen LogP contribution in [0.4, 0.5) is 0 Å². The number of hydrogen-bond acceptors (Lipinski definition) is 5. The maximum absolute atomic E-state index is 12.5. The zero-order valence-corrected chi connectivity index (χ0v) is 15.6. The molecule has 128 valence electrons. The molecule has 0 N–H and O–H groups in total. The van der Waals surface area contributed by atoms with Gasteiger partial charge in [0.15, 0.2) is 0 Å². The van der Waals surface area contributed by atoms with Gasteiger partial charge in [-0.05, 0) is 37.6 Å². The minimum atomic E-state index is -0.221. The molecule has 0 atom stereocenters. The molecule has 0 spiro atoms. The molecule has 24 heavy (non-hydrogen) atoms. The first-order valence-corrected chi connectivity index (χ1v) is 8.89. The zero-order chi connectivity index (χ0) is 17.7. The summed E-state index contributed by atoms with van der Waals surface area (Å²) in [5.41, 5.74) is 0.881. The Kier molecular flexibility index (Phi) is 6.39. The third-order valence-electron chi connectivity index (χ3n) is 3.70. The smallest absolute Gasteiger partial charge is 0.266 e. The van der Waals surface area contributed by atoms with E-state index in [1.54, 1.807) is 18.1 Å². The van der Waals surface area contributed by atoms with Crippen molar-refractivity contribution in [2.24, 2.45) is 0 Å². The molecule has 1 saturated heterocycles. The highest BCUT2D eigenvalue weighted by molar-refractivity contribution is 8.26. The van der Waals surface area contributed by atoms with Crippen LogP contribution in [0, 0.1) is 0 Å². The van der Waals surface area contributed by atoms with E-state index in [4.69, 9.17) is 17.0 Å². The molecule has 1 aromatic carbocycles. The highest BCUT2D eigenvalue weighted by Crippen LogP contribution is 2.32. The van der Waals surface area contributed by atoms with E-state index < -0.39 is 0 Å². The molecule has 0 unspecified atom stereocenters. The van der Waals surface area contributed by atoms with Gasteiger partial charge in [-0.15, -0.1) is 0 Å². The molecular weight excluding hydrogens is 344 g/mol. The van der Waals surface area contributed by atoms with Gasteiger partial charge in [-0.25, -0.2) is 0 Å². The van der Waals surface area contributed by atoms with Gasteiger partial charge in [0.2, 0.25) is 5.91 Å². The van der Waals surface area contributed by atoms with E-state index >= 15 is 0 Å². The molecule has 1 aliphatic rings. The average Bonchev–Trinajstić information content (AvgIpc) is 2.84. The third kappa shape index (κ3) is 4.15. The van der Waals surface area contributed by atoms with Crippen LogP contribution >= 0.6 is 24.0 Å². The fourth-order valence-electron chi connectivity index (χ4n) is 2.30. The molecule has 2 rings (SSSR count). The first-order valence-electron chi connectivity index (χ1n) is 7.67. The SMILES string of the molecule is CCN(CC)C(=O)CN1C(=O)C(=Cc2ccc(OC)cc2)SC1=S. The monoisotopic (exact) mass is 364 g/mol. The summed E-state index contributed by atoms with van der Waals surface area (Å²) in [6, 6.07) is 7.39. The highest BCUT2D eigenvalue weighted by atomic mass is 32.2. The largest absolute Gasteiger partial charge is 0.497 e. The molecule has 1 fully saturated rings. The fourth-order valence-corrected chi connectivity index (χ4v) is 3.55. The molecule has 1 aliphatic heterocycles. The van der Waals surface area contributed by atoms with Crippen molar-refractivity contribution >= 4 is 46.2 Å². The average molecular weight is 364 g/mol. The van der Waals surface area contributed by atoms with Crippen LogP contribution in [-0.4, -0.2) is 52.7 Å². The van der Waals surface area contributed by atoms with Crippen molar-refractivity contribution in [1.82, 2.24) is 9.80 Å². The lowest BCUT2D eigenvalue weighted by atomic mass is 10.2. The first-order chi connectivity index (χ1) is 11.5. The minimum absolute atomic E-state index is 0.00764. The topological polar surface area (TPSA) is 49.9 Å². The number of methoxy groups -OCH3 is 1. The van der Waals surface area contributed by atoms with Gasteiger partial charge >= 0.3 is 0 Å². The predicted octanol–water partition coefficient (Wildman–Crippen LogP) is 2.76. The summed E-state index contributed by atoms with van der Waals surface area (Å²) in [5, 5.41) is 0. The summed E-state index contributed by atoms with van der Waals surface area (Å²) < 4.78 is 5.53. The molecule has 5 nitrogen and oxygen atoms in total. The van der Waals surface area contributed by atoms with Gasteiger partial charge in [-0.3, -0.25) is 14.5 Å². The molecule has 2 amide bonds. The number of ether oxygens (including phenoxy) is 1. The zero-order valence-electron chi connectivity index (χ0n) is 13.9. The number of amides is 2. The number of carbonyl (C=O) groups excluding carboxylic acids is 2. The molecule has 0 aliphatic carbocycles. The first kappa shape index (κ1) is 18.5. The van der Waals surface area contributed by atoms with E-state index in [9.17, 15) is 9.59 Å². The highest BCUT2D eigenvalue weighted by Gasteiger charge is 2.34. The van der Waals surface area contributed by atoms with Crippen LogP contribution in [-0.2, 0) is 9.59 Å². The van der Waals surface area contributed by atoms with Crippen LogP contribution in [0.2, 0.25) is 0 Å². The van der Waals surface area contributed by atoms with Crippen molar-refractivity contribution in [3.8, 4) is 5.75 Å². The Balaban J connectivity index is 2.12. The fraction of sp³-hybridized carbons (Fsp3) is 0.353. The van der Waals surface area contributed by atoms with Crippen LogP contribution < -0.4 is 4.74 Å². The van der Waals surface area contributed by atoms with Gasteiger partial charge in [-0.1, -0.05) is 36.1 Å². The second kappa shape index (κ2) is 8.30. The normalized spacial score (nSPS) is 16.0. The van der Waals surface area contributed by atoms with Crippen molar-refractivity contribution in [3.05, 3.63) is 34.7 Å². The van der Waals surface area contributed by atoms with E-state index in [-0.39, 0.29) is 18.4 Å². The summed E-state index contributed by atoms with van der Waals surface area (Å²) in [6.07, 6.45) is 1.78. The molecule has 0 aromatic heterocycles. The number of likely N-dealkylation sites (N-methyl/N-ethyl adjacent to an activating group) is 1. The van der Waals surface area contributed by atoms with Crippen molar-refractivity contribution < 1.29 is 14.3 Å². The maximum Gasteiger partial charge on any atom is 0.266 e. The van der Waals surface area contributed by atoms with Crippen molar-refractivity contribution in [1.29, 1.82) is 0 Å². The number of benzene rings is 1. The minimum Gasteiger partial charge on any atom is -0.497 e. The Labute approximate surface area is 151 Å². The third-order valence-corrected chi connectivity index (χ3v) is 5.07. The van der Waals surface area contributed by atoms with Gasteiger partial charge in [0.25, 0.3) is 5.91 Å². The Hall–Kier alpha value is -1.86. The van der Waals surface area contributed by atoms with Gasteiger partial charge in [0.1, 0.15) is 16.6 Å². The molecule has 7 heteroatoms. The molecule has 1 heterocycles. The van der Waals surface area contributed by atoms with Crippen LogP contribution in [0.1, 0.15) is 19.4 Å². The summed E-state index contributed by atoms with van der Waals surface area (Å²) in [6.45, 7) is 5.05. The Morgan fingerprint density at radius 2 is 1.92 bits per heavy atom. The van der Waals surface area contributed by atoms with Crippen LogP contribution in [0.15, 0.2) is 29.2 Å². The number of thiocarbonyl (C=S) groups is 1. The van der Waals surface area contributed by atoms with Crippen molar-refractivity contribution in [2.45, 2.75) is 13.8 Å². The Morgan fingerprint density at radius 3 is 2.46 bits per heavy atom. The Morgan fingerprint density at radius 1 is 1.29 bits per heavy atom. The molecule has 0 saturated carbocycles. The number of nitrogens with zero attached hydrogens (tertiary/aromatic N) is 2. The predicted molar refractivity (Wildman–Crippen MR) is 101 cm³/mol. The number of carbonyl (C=O) groups is 2. The summed E-state index contributed by atoms with van der Waals surface area (Å²) in [4.78, 5) is 28.3. The number of hydrogen-bond donors (Lipinski definition) is 0. The van der Waals surface area contributed by atoms with E-state index in [0.717, 1.165) is 11.3 Å². The lowest BCUT2D eigenvalue weighted by Crippen LogP contribution is -2.41. The number of rotatable bonds is 6. The van der Waals surface area contributed by atoms with Gasteiger partial charge < -0.3 is 9.64 Å². The van der Waals surface area contributed by atoms with E-state index in [2.05, 4.69) is 0 Å². The second-order valence-electron chi connectivity index (χ2n) is 5.11. The summed E-state index contributed by atoms with van der Waals surface area (Å²) >= 11 is 6.49. The van der Waals surface area contributed by atoms with E-state index in [1.165, 1.54) is 16.7 Å². The quantitative estimate of drug-likeness (QED) is 0.574. The Bertz CT molecular complexity index is 667. The molecule has 0 bridgehead atoms. The van der Waals surface area contributed by atoms with Crippen molar-refractivity contribution in [2.75, 3.05) is 26.7 Å². The van der Waals surface area contributed by atoms with Crippen LogP contribution in [0.25, 0.3) is 6.08 Å². The summed E-state index contributed by atoms with van der Waals surface area (Å²) in [7, 11) is 1.60. The standard InChI is InChI=1S/C17H20N2O3S2/c1-4-18(5-2)15(20)11-19-16(21)14(24-17(19)23)10-12-6-8-13(22-3)9-7-12/h6-10H,4-5,11H2,1-3H3. The lowest BCUT2D eigenvalue weighted by Gasteiger charge is -2.22. The molecular formula is C17H20N2O3S2. The molecule has 1 aromatic rings. The lowest BCUT2D eigenvalue weighted by molar-refractivity contribution is -0.135. The van der Waals surface area contributed by atoms with Gasteiger partial charge in [0.05, 0.1) is 12.0 Å². The molecule has 0 radical (unpaired) electrons.